The molecule has 1 fully saturated rings. The Balaban J connectivity index is 2.39. The molecule has 0 saturated carbocycles. The maximum absolute atomic E-state index is 11.4. The Morgan fingerprint density at radius 1 is 1.64 bits per heavy atom. The van der Waals surface area contributed by atoms with Crippen molar-refractivity contribution in [1.82, 2.24) is 10.2 Å². The Morgan fingerprint density at radius 2 is 2.18 bits per heavy atom. The number of amides is 1. The minimum Gasteiger partial charge on any atom is -0.342 e. The molecule has 0 unspecified atom stereocenters. The average molecular weight is 156 g/mol. The number of carbonyl (C=O) groups is 1. The second-order valence-corrected chi connectivity index (χ2v) is 3.34. The van der Waals surface area contributed by atoms with Gasteiger partial charge in [-0.05, 0) is 26.8 Å². The van der Waals surface area contributed by atoms with Crippen molar-refractivity contribution < 1.29 is 4.79 Å². The lowest BCUT2D eigenvalue weighted by molar-refractivity contribution is -0.135. The van der Waals surface area contributed by atoms with Gasteiger partial charge in [0.05, 0.1) is 6.04 Å². The van der Waals surface area contributed by atoms with Gasteiger partial charge in [0.1, 0.15) is 0 Å². The van der Waals surface area contributed by atoms with E-state index in [4.69, 9.17) is 0 Å². The van der Waals surface area contributed by atoms with Gasteiger partial charge < -0.3 is 10.2 Å². The van der Waals surface area contributed by atoms with Gasteiger partial charge in [-0.15, -0.1) is 0 Å². The fourth-order valence-electron chi connectivity index (χ4n) is 1.000. The quantitative estimate of drug-likeness (QED) is 0.620. The van der Waals surface area contributed by atoms with E-state index in [0.29, 0.717) is 6.04 Å². The third kappa shape index (κ3) is 1.71. The van der Waals surface area contributed by atoms with Gasteiger partial charge in [-0.3, -0.25) is 4.79 Å². The fraction of sp³-hybridized carbons (Fsp3) is 0.875. The summed E-state index contributed by atoms with van der Waals surface area (Å²) in [6, 6.07) is 0.410. The molecule has 0 radical (unpaired) electrons. The number of hydrogen-bond acceptors (Lipinski definition) is 2. The molecule has 1 rings (SSSR count). The number of likely N-dealkylation sites (N-methyl/N-ethyl adjacent to an activating group) is 1. The molecule has 0 aromatic rings. The maximum Gasteiger partial charge on any atom is 0.239 e. The average Bonchev–Trinajstić information content (AvgIpc) is 1.82. The van der Waals surface area contributed by atoms with Crippen molar-refractivity contribution in [2.24, 2.45) is 0 Å². The normalized spacial score (nSPS) is 23.1. The topological polar surface area (TPSA) is 32.3 Å². The highest BCUT2D eigenvalue weighted by molar-refractivity contribution is 5.82. The van der Waals surface area contributed by atoms with Crippen molar-refractivity contribution in [3.8, 4) is 0 Å². The summed E-state index contributed by atoms with van der Waals surface area (Å²) in [6.07, 6.45) is 0.996. The number of rotatable bonds is 2. The van der Waals surface area contributed by atoms with Gasteiger partial charge in [0.25, 0.3) is 0 Å². The molecule has 3 heteroatoms. The summed E-state index contributed by atoms with van der Waals surface area (Å²) in [5.41, 5.74) is 0. The van der Waals surface area contributed by atoms with Gasteiger partial charge in [0.15, 0.2) is 0 Å². The van der Waals surface area contributed by atoms with Crippen molar-refractivity contribution in [3.63, 3.8) is 0 Å². The van der Waals surface area contributed by atoms with Gasteiger partial charge in [0, 0.05) is 13.1 Å². The first-order chi connectivity index (χ1) is 5.13. The molecule has 0 spiro atoms. The lowest BCUT2D eigenvalue weighted by atomic mass is 10.1. The highest BCUT2D eigenvalue weighted by Gasteiger charge is 2.27. The van der Waals surface area contributed by atoms with Crippen molar-refractivity contribution in [1.29, 1.82) is 0 Å². The first-order valence-corrected chi connectivity index (χ1v) is 4.13. The Kier molecular flexibility index (Phi) is 2.49. The second kappa shape index (κ2) is 3.22. The minimum atomic E-state index is 0.0994. The summed E-state index contributed by atoms with van der Waals surface area (Å²) in [5, 5.41) is 3.09. The Morgan fingerprint density at radius 3 is 2.45 bits per heavy atom. The van der Waals surface area contributed by atoms with Gasteiger partial charge in [0.2, 0.25) is 5.91 Å². The van der Waals surface area contributed by atoms with Crippen LogP contribution in [-0.4, -0.2) is 36.5 Å². The van der Waals surface area contributed by atoms with E-state index in [9.17, 15) is 4.79 Å². The van der Waals surface area contributed by atoms with Crippen LogP contribution >= 0.6 is 0 Å². The number of hydrogen-bond donors (Lipinski definition) is 1. The van der Waals surface area contributed by atoms with Gasteiger partial charge >= 0.3 is 0 Å². The highest BCUT2D eigenvalue weighted by atomic mass is 16.2. The third-order valence-corrected chi connectivity index (χ3v) is 2.24. The molecule has 64 valence electrons. The summed E-state index contributed by atoms with van der Waals surface area (Å²) >= 11 is 0. The lowest BCUT2D eigenvalue weighted by Gasteiger charge is -2.32. The van der Waals surface area contributed by atoms with E-state index in [-0.39, 0.29) is 11.9 Å². The van der Waals surface area contributed by atoms with Gasteiger partial charge in [-0.1, -0.05) is 0 Å². The minimum absolute atomic E-state index is 0.0994. The zero-order valence-corrected chi connectivity index (χ0v) is 7.42. The Hall–Kier alpha value is -0.570. The lowest BCUT2D eigenvalue weighted by Crippen LogP contribution is -2.54. The summed E-state index contributed by atoms with van der Waals surface area (Å²) in [6.45, 7) is 5.04. The van der Waals surface area contributed by atoms with E-state index in [0.717, 1.165) is 13.0 Å². The molecule has 1 heterocycles. The molecule has 0 aromatic heterocycles. The third-order valence-electron chi connectivity index (χ3n) is 2.24. The van der Waals surface area contributed by atoms with Crippen LogP contribution in [0, 0.1) is 0 Å². The molecular weight excluding hydrogens is 140 g/mol. The van der Waals surface area contributed by atoms with Crippen LogP contribution in [0.3, 0.4) is 0 Å². The molecule has 0 aliphatic carbocycles. The van der Waals surface area contributed by atoms with Crippen LogP contribution in [0.2, 0.25) is 0 Å². The van der Waals surface area contributed by atoms with Crippen molar-refractivity contribution >= 4 is 5.91 Å². The molecule has 3 nitrogen and oxygen atoms in total. The maximum atomic E-state index is 11.4. The molecular formula is C8H16N2O. The van der Waals surface area contributed by atoms with Crippen molar-refractivity contribution in [2.75, 3.05) is 13.6 Å². The van der Waals surface area contributed by atoms with E-state index in [1.807, 2.05) is 20.9 Å². The van der Waals surface area contributed by atoms with Crippen LogP contribution in [0.4, 0.5) is 0 Å². The number of carbonyl (C=O) groups excluding carboxylic acids is 1. The van der Waals surface area contributed by atoms with Gasteiger partial charge in [-0.25, -0.2) is 0 Å². The van der Waals surface area contributed by atoms with Crippen LogP contribution < -0.4 is 5.32 Å². The van der Waals surface area contributed by atoms with E-state index in [2.05, 4.69) is 5.32 Å². The monoisotopic (exact) mass is 156 g/mol. The SMILES string of the molecule is CC(C)N(C)C(=O)[C@H]1CCN1. The first-order valence-electron chi connectivity index (χ1n) is 4.13. The van der Waals surface area contributed by atoms with Crippen molar-refractivity contribution in [2.45, 2.75) is 32.4 Å². The van der Waals surface area contributed by atoms with Crippen LogP contribution in [-0.2, 0) is 4.79 Å². The number of nitrogens with zero attached hydrogens (tertiary/aromatic N) is 1. The zero-order chi connectivity index (χ0) is 8.43. The van der Waals surface area contributed by atoms with Crippen LogP contribution in [0.15, 0.2) is 0 Å². The standard InChI is InChI=1S/C8H16N2O/c1-6(2)10(3)8(11)7-4-5-9-7/h6-7,9H,4-5H2,1-3H3/t7-/m1/s1. The molecule has 0 bridgehead atoms. The fourth-order valence-corrected chi connectivity index (χ4v) is 1.000. The molecule has 0 aromatic carbocycles. The molecule has 11 heavy (non-hydrogen) atoms. The van der Waals surface area contributed by atoms with Crippen molar-refractivity contribution in [3.05, 3.63) is 0 Å². The van der Waals surface area contributed by atoms with Crippen LogP contribution in [0.25, 0.3) is 0 Å². The first kappa shape index (κ1) is 8.53. The largest absolute Gasteiger partial charge is 0.342 e. The van der Waals surface area contributed by atoms with E-state index in [1.54, 1.807) is 4.90 Å². The van der Waals surface area contributed by atoms with E-state index < -0.39 is 0 Å². The number of nitrogens with one attached hydrogen (secondary N) is 1. The molecule has 1 amide bonds. The van der Waals surface area contributed by atoms with Crippen LogP contribution in [0.5, 0.6) is 0 Å². The highest BCUT2D eigenvalue weighted by Crippen LogP contribution is 2.07. The molecule has 1 saturated heterocycles. The predicted octanol–water partition coefficient (Wildman–Crippen LogP) is 0.215. The Bertz CT molecular complexity index is 152. The summed E-state index contributed by atoms with van der Waals surface area (Å²) in [4.78, 5) is 13.2. The second-order valence-electron chi connectivity index (χ2n) is 3.34. The molecule has 1 N–H and O–H groups in total. The molecule has 1 atom stereocenters. The van der Waals surface area contributed by atoms with E-state index in [1.165, 1.54) is 0 Å². The summed E-state index contributed by atoms with van der Waals surface area (Å²) < 4.78 is 0. The Labute approximate surface area is 67.8 Å². The summed E-state index contributed by atoms with van der Waals surface area (Å²) in [5.74, 6) is 0.228. The molecule has 1 aliphatic rings. The smallest absolute Gasteiger partial charge is 0.239 e. The predicted molar refractivity (Wildman–Crippen MR) is 44.3 cm³/mol. The molecule has 1 aliphatic heterocycles. The summed E-state index contributed by atoms with van der Waals surface area (Å²) in [7, 11) is 1.85. The van der Waals surface area contributed by atoms with Gasteiger partial charge in [-0.2, -0.15) is 0 Å². The zero-order valence-electron chi connectivity index (χ0n) is 7.42. The van der Waals surface area contributed by atoms with Crippen LogP contribution in [0.1, 0.15) is 20.3 Å². The van der Waals surface area contributed by atoms with E-state index >= 15 is 0 Å².